The molecule has 0 heterocycles. The van der Waals surface area contributed by atoms with Crippen LogP contribution in [0.4, 0.5) is 0 Å². The van der Waals surface area contributed by atoms with E-state index < -0.39 is 22.7 Å². The Morgan fingerprint density at radius 1 is 1.26 bits per heavy atom. The largest absolute Gasteiger partial charge is 0.493 e. The predicted octanol–water partition coefficient (Wildman–Crippen LogP) is -0.665. The number of rotatable bonds is 7. The Labute approximate surface area is 111 Å². The molecule has 0 radical (unpaired) electrons. The first-order valence-electron chi connectivity index (χ1n) is 5.45. The number of benzene rings is 1. The van der Waals surface area contributed by atoms with E-state index in [1.807, 2.05) is 0 Å². The van der Waals surface area contributed by atoms with Gasteiger partial charge in [-0.25, -0.2) is 13.1 Å². The highest BCUT2D eigenvalue weighted by Gasteiger charge is 2.18. The lowest BCUT2D eigenvalue weighted by Crippen LogP contribution is -2.33. The fourth-order valence-electron chi connectivity index (χ4n) is 1.34. The predicted molar refractivity (Wildman–Crippen MR) is 67.8 cm³/mol. The first-order valence-corrected chi connectivity index (χ1v) is 6.93. The van der Waals surface area contributed by atoms with E-state index in [1.165, 1.54) is 32.4 Å². The quantitative estimate of drug-likeness (QED) is 0.615. The van der Waals surface area contributed by atoms with Gasteiger partial charge in [-0.1, -0.05) is 0 Å². The van der Waals surface area contributed by atoms with Crippen molar-refractivity contribution in [3.8, 4) is 11.5 Å². The minimum atomic E-state index is -3.78. The van der Waals surface area contributed by atoms with Crippen molar-refractivity contribution in [1.82, 2.24) is 4.72 Å². The third-order valence-electron chi connectivity index (χ3n) is 2.39. The maximum atomic E-state index is 11.9. The molecule has 3 N–H and O–H groups in total. The van der Waals surface area contributed by atoms with Crippen molar-refractivity contribution in [2.24, 2.45) is 0 Å². The topological polar surface area (TPSA) is 105 Å². The highest BCUT2D eigenvalue weighted by Crippen LogP contribution is 2.29. The standard InChI is InChI=1S/C11H17NO6S/c1-17-10-4-3-9(5-11(10)18-2)19(15,16)12-6-8(14)7-13/h3-5,8,12-14H,6-7H2,1-2H3/t8-/m0/s1. The van der Waals surface area contributed by atoms with Crippen LogP contribution in [0.2, 0.25) is 0 Å². The molecule has 0 saturated heterocycles. The molecule has 7 nitrogen and oxygen atoms in total. The molecule has 0 saturated carbocycles. The van der Waals surface area contributed by atoms with Gasteiger partial charge in [0, 0.05) is 12.6 Å². The number of aliphatic hydroxyl groups is 2. The first kappa shape index (κ1) is 15.7. The van der Waals surface area contributed by atoms with Crippen molar-refractivity contribution in [2.45, 2.75) is 11.0 Å². The van der Waals surface area contributed by atoms with Crippen molar-refractivity contribution < 1.29 is 28.1 Å². The van der Waals surface area contributed by atoms with Crippen LogP contribution >= 0.6 is 0 Å². The maximum absolute atomic E-state index is 11.9. The number of hydrogen-bond acceptors (Lipinski definition) is 6. The van der Waals surface area contributed by atoms with Gasteiger partial charge in [0.05, 0.1) is 31.8 Å². The third-order valence-corrected chi connectivity index (χ3v) is 3.81. The minimum Gasteiger partial charge on any atom is -0.493 e. The van der Waals surface area contributed by atoms with Gasteiger partial charge in [-0.15, -0.1) is 0 Å². The van der Waals surface area contributed by atoms with E-state index >= 15 is 0 Å². The Hall–Kier alpha value is -1.35. The number of ether oxygens (including phenoxy) is 2. The van der Waals surface area contributed by atoms with Crippen LogP contribution in [0.5, 0.6) is 11.5 Å². The van der Waals surface area contributed by atoms with E-state index in [2.05, 4.69) is 4.72 Å². The van der Waals surface area contributed by atoms with Crippen LogP contribution in [0.1, 0.15) is 0 Å². The van der Waals surface area contributed by atoms with Gasteiger partial charge in [0.15, 0.2) is 11.5 Å². The van der Waals surface area contributed by atoms with Crippen LogP contribution in [0.3, 0.4) is 0 Å². The van der Waals surface area contributed by atoms with E-state index in [-0.39, 0.29) is 17.2 Å². The summed E-state index contributed by atoms with van der Waals surface area (Å²) in [6.07, 6.45) is -1.14. The first-order chi connectivity index (χ1) is 8.94. The van der Waals surface area contributed by atoms with Crippen LogP contribution in [0.25, 0.3) is 0 Å². The summed E-state index contributed by atoms with van der Waals surface area (Å²) in [5.74, 6) is 0.699. The Bertz CT molecular complexity index is 516. The van der Waals surface area contributed by atoms with Crippen molar-refractivity contribution in [3.05, 3.63) is 18.2 Å². The van der Waals surface area contributed by atoms with Gasteiger partial charge in [0.2, 0.25) is 10.0 Å². The second-order valence-electron chi connectivity index (χ2n) is 3.71. The molecule has 0 aliphatic heterocycles. The zero-order chi connectivity index (χ0) is 14.5. The number of aliphatic hydroxyl groups excluding tert-OH is 2. The molecule has 0 aromatic heterocycles. The molecule has 1 aromatic carbocycles. The lowest BCUT2D eigenvalue weighted by molar-refractivity contribution is 0.0988. The maximum Gasteiger partial charge on any atom is 0.240 e. The number of hydrogen-bond donors (Lipinski definition) is 3. The molecule has 1 rings (SSSR count). The van der Waals surface area contributed by atoms with Crippen molar-refractivity contribution >= 4 is 10.0 Å². The Kier molecular flexibility index (Phi) is 5.55. The molecule has 1 aromatic rings. The van der Waals surface area contributed by atoms with Crippen molar-refractivity contribution in [3.63, 3.8) is 0 Å². The minimum absolute atomic E-state index is 0.0183. The van der Waals surface area contributed by atoms with Gasteiger partial charge in [-0.05, 0) is 12.1 Å². The number of sulfonamides is 1. The average Bonchev–Trinajstić information content (AvgIpc) is 2.43. The van der Waals surface area contributed by atoms with Crippen LogP contribution in [-0.4, -0.2) is 52.1 Å². The second kappa shape index (κ2) is 6.71. The fraction of sp³-hybridized carbons (Fsp3) is 0.455. The Morgan fingerprint density at radius 3 is 2.42 bits per heavy atom. The van der Waals surface area contributed by atoms with E-state index in [0.29, 0.717) is 5.75 Å². The van der Waals surface area contributed by atoms with Crippen molar-refractivity contribution in [1.29, 1.82) is 0 Å². The molecule has 0 bridgehead atoms. The third kappa shape index (κ3) is 4.06. The normalized spacial score (nSPS) is 13.1. The molecular formula is C11H17NO6S. The van der Waals surface area contributed by atoms with Gasteiger partial charge in [-0.2, -0.15) is 0 Å². The van der Waals surface area contributed by atoms with Gasteiger partial charge in [0.1, 0.15) is 0 Å². The summed E-state index contributed by atoms with van der Waals surface area (Å²) in [6.45, 7) is -0.790. The molecule has 0 fully saturated rings. The smallest absolute Gasteiger partial charge is 0.240 e. The van der Waals surface area contributed by atoms with E-state index in [1.54, 1.807) is 0 Å². The van der Waals surface area contributed by atoms with E-state index in [0.717, 1.165) is 0 Å². The summed E-state index contributed by atoms with van der Waals surface area (Å²) >= 11 is 0. The van der Waals surface area contributed by atoms with Gasteiger partial charge >= 0.3 is 0 Å². The zero-order valence-corrected chi connectivity index (χ0v) is 11.5. The lowest BCUT2D eigenvalue weighted by atomic mass is 10.3. The van der Waals surface area contributed by atoms with E-state index in [4.69, 9.17) is 19.7 Å². The zero-order valence-electron chi connectivity index (χ0n) is 10.7. The van der Waals surface area contributed by atoms with Crippen LogP contribution < -0.4 is 14.2 Å². The molecule has 0 aliphatic carbocycles. The molecule has 0 unspecified atom stereocenters. The molecule has 108 valence electrons. The summed E-state index contributed by atoms with van der Waals surface area (Å²) < 4.78 is 36.0. The summed E-state index contributed by atoms with van der Waals surface area (Å²) in [6, 6.07) is 4.14. The van der Waals surface area contributed by atoms with Gasteiger partial charge in [-0.3, -0.25) is 0 Å². The van der Waals surface area contributed by atoms with Crippen LogP contribution in [-0.2, 0) is 10.0 Å². The Morgan fingerprint density at radius 2 is 1.89 bits per heavy atom. The van der Waals surface area contributed by atoms with Crippen LogP contribution in [0, 0.1) is 0 Å². The molecular weight excluding hydrogens is 274 g/mol. The molecule has 0 aliphatic rings. The second-order valence-corrected chi connectivity index (χ2v) is 5.47. The SMILES string of the molecule is COc1ccc(S(=O)(=O)NC[C@H](O)CO)cc1OC. The fourth-order valence-corrected chi connectivity index (χ4v) is 2.43. The average molecular weight is 291 g/mol. The highest BCUT2D eigenvalue weighted by molar-refractivity contribution is 7.89. The van der Waals surface area contributed by atoms with E-state index in [9.17, 15) is 8.42 Å². The molecule has 0 spiro atoms. The number of methoxy groups -OCH3 is 2. The highest BCUT2D eigenvalue weighted by atomic mass is 32.2. The molecule has 8 heteroatoms. The van der Waals surface area contributed by atoms with Gasteiger partial charge in [0.25, 0.3) is 0 Å². The molecule has 19 heavy (non-hydrogen) atoms. The number of nitrogens with one attached hydrogen (secondary N) is 1. The summed E-state index contributed by atoms with van der Waals surface area (Å²) in [7, 11) is -0.933. The Balaban J connectivity index is 2.95. The summed E-state index contributed by atoms with van der Waals surface area (Å²) in [5.41, 5.74) is 0. The summed E-state index contributed by atoms with van der Waals surface area (Å²) in [5, 5.41) is 17.8. The summed E-state index contributed by atoms with van der Waals surface area (Å²) in [4.78, 5) is -0.0183. The van der Waals surface area contributed by atoms with Crippen LogP contribution in [0.15, 0.2) is 23.1 Å². The monoisotopic (exact) mass is 291 g/mol. The lowest BCUT2D eigenvalue weighted by Gasteiger charge is -2.12. The van der Waals surface area contributed by atoms with Crippen molar-refractivity contribution in [2.75, 3.05) is 27.4 Å². The van der Waals surface area contributed by atoms with Gasteiger partial charge < -0.3 is 19.7 Å². The molecule has 0 amide bonds. The molecule has 1 atom stereocenters.